The zero-order chi connectivity index (χ0) is 20.0. The number of allylic oxidation sites excluding steroid dienone is 3. The number of ether oxygens (including phenoxy) is 1. The van der Waals surface area contributed by atoms with Crippen LogP contribution in [0.1, 0.15) is 97.8 Å². The summed E-state index contributed by atoms with van der Waals surface area (Å²) in [7, 11) is -3.00. The van der Waals surface area contributed by atoms with Crippen LogP contribution in [0.4, 0.5) is 0 Å². The van der Waals surface area contributed by atoms with Gasteiger partial charge in [-0.1, -0.05) is 76.7 Å². The molecule has 0 heterocycles. The molecule has 0 aromatic rings. The highest BCUT2D eigenvalue weighted by Crippen LogP contribution is 2.31. The van der Waals surface area contributed by atoms with E-state index >= 15 is 0 Å². The summed E-state index contributed by atoms with van der Waals surface area (Å²) in [6.07, 6.45) is 18.8. The van der Waals surface area contributed by atoms with E-state index in [0.717, 1.165) is 58.2 Å². The lowest BCUT2D eigenvalue weighted by molar-refractivity contribution is 0.126. The highest BCUT2D eigenvalue weighted by atomic mass is 32.2. The molecule has 4 heteroatoms. The van der Waals surface area contributed by atoms with E-state index in [4.69, 9.17) is 4.74 Å². The first-order chi connectivity index (χ1) is 13.1. The molecule has 158 valence electrons. The van der Waals surface area contributed by atoms with Gasteiger partial charge in [-0.05, 0) is 44.9 Å². The summed E-state index contributed by atoms with van der Waals surface area (Å²) < 4.78 is 31.2. The van der Waals surface area contributed by atoms with E-state index in [2.05, 4.69) is 19.1 Å². The number of hydrogen-bond donors (Lipinski definition) is 0. The second kappa shape index (κ2) is 14.4. The zero-order valence-corrected chi connectivity index (χ0v) is 18.7. The van der Waals surface area contributed by atoms with E-state index < -0.39 is 9.84 Å². The molecule has 1 fully saturated rings. The number of sulfone groups is 1. The van der Waals surface area contributed by atoms with Crippen molar-refractivity contribution in [3.8, 4) is 0 Å². The average molecular weight is 399 g/mol. The molecule has 2 aliphatic carbocycles. The maximum atomic E-state index is 12.8. The third-order valence-corrected chi connectivity index (χ3v) is 8.01. The molecule has 3 nitrogen and oxygen atoms in total. The molecule has 0 aliphatic heterocycles. The summed E-state index contributed by atoms with van der Waals surface area (Å²) in [6, 6.07) is 0. The van der Waals surface area contributed by atoms with E-state index in [-0.39, 0.29) is 10.5 Å². The number of hydrogen-bond acceptors (Lipinski definition) is 3. The molecule has 0 aromatic carbocycles. The first kappa shape index (κ1) is 24.4. The van der Waals surface area contributed by atoms with Gasteiger partial charge in [0.25, 0.3) is 0 Å². The van der Waals surface area contributed by atoms with Crippen molar-refractivity contribution in [2.24, 2.45) is 0 Å². The standard InChI is InChI=1S/C21H36O3S.C2H6/c1-2-3-4-8-16-24-17-9-7-11-19-12-10-15-21(18-19)25(22,23)20-13-5-6-14-20;1-2/h10,12,18,20-21H,2-9,11,13-17H2,1H3;1-2H3. The average Bonchev–Trinajstić information content (AvgIpc) is 3.24. The van der Waals surface area contributed by atoms with Gasteiger partial charge in [-0.2, -0.15) is 0 Å². The first-order valence-corrected chi connectivity index (χ1v) is 12.9. The lowest BCUT2D eigenvalue weighted by Crippen LogP contribution is -2.29. The Morgan fingerprint density at radius 2 is 1.67 bits per heavy atom. The SMILES string of the molecule is CC.CCCCCCOCCCCC1=CC(S(=O)(=O)C2CCCC2)CC=C1. The van der Waals surface area contributed by atoms with Crippen LogP contribution in [0.5, 0.6) is 0 Å². The molecule has 0 saturated heterocycles. The zero-order valence-electron chi connectivity index (χ0n) is 17.9. The Balaban J connectivity index is 0.00000176. The second-order valence-electron chi connectivity index (χ2n) is 7.54. The Morgan fingerprint density at radius 3 is 2.33 bits per heavy atom. The molecule has 0 bridgehead atoms. The van der Waals surface area contributed by atoms with E-state index in [9.17, 15) is 8.42 Å². The quantitative estimate of drug-likeness (QED) is 0.358. The van der Waals surface area contributed by atoms with Crippen molar-refractivity contribution in [3.05, 3.63) is 23.8 Å². The van der Waals surface area contributed by atoms with Gasteiger partial charge in [-0.15, -0.1) is 0 Å². The second-order valence-corrected chi connectivity index (χ2v) is 9.99. The van der Waals surface area contributed by atoms with Gasteiger partial charge in [-0.3, -0.25) is 0 Å². The summed E-state index contributed by atoms with van der Waals surface area (Å²) in [5.41, 5.74) is 1.20. The minimum atomic E-state index is -3.00. The number of rotatable bonds is 12. The Bertz CT molecular complexity index is 528. The van der Waals surface area contributed by atoms with Crippen LogP contribution in [0.25, 0.3) is 0 Å². The van der Waals surface area contributed by atoms with Crippen LogP contribution in [-0.4, -0.2) is 32.1 Å². The van der Waals surface area contributed by atoms with Gasteiger partial charge in [0, 0.05) is 13.2 Å². The maximum Gasteiger partial charge on any atom is 0.159 e. The molecular weight excluding hydrogens is 356 g/mol. The molecule has 1 atom stereocenters. The molecule has 0 spiro atoms. The highest BCUT2D eigenvalue weighted by molar-refractivity contribution is 7.92. The Labute approximate surface area is 168 Å². The van der Waals surface area contributed by atoms with Crippen LogP contribution in [0.15, 0.2) is 23.8 Å². The topological polar surface area (TPSA) is 43.4 Å². The molecular formula is C23H42O3S. The van der Waals surface area contributed by atoms with Gasteiger partial charge in [0.05, 0.1) is 10.5 Å². The lowest BCUT2D eigenvalue weighted by atomic mass is 10.0. The minimum absolute atomic E-state index is 0.0948. The van der Waals surface area contributed by atoms with Crippen molar-refractivity contribution in [1.29, 1.82) is 0 Å². The fraction of sp³-hybridized carbons (Fsp3) is 0.826. The highest BCUT2D eigenvalue weighted by Gasteiger charge is 2.34. The monoisotopic (exact) mass is 398 g/mol. The van der Waals surface area contributed by atoms with E-state index in [0.29, 0.717) is 6.42 Å². The van der Waals surface area contributed by atoms with E-state index in [1.807, 2.05) is 19.9 Å². The van der Waals surface area contributed by atoms with Crippen LogP contribution >= 0.6 is 0 Å². The van der Waals surface area contributed by atoms with Crippen LogP contribution in [0.2, 0.25) is 0 Å². The van der Waals surface area contributed by atoms with Crippen molar-refractivity contribution < 1.29 is 13.2 Å². The minimum Gasteiger partial charge on any atom is -0.381 e. The third kappa shape index (κ3) is 8.95. The molecule has 27 heavy (non-hydrogen) atoms. The summed E-state index contributed by atoms with van der Waals surface area (Å²) in [6.45, 7) is 7.93. The largest absolute Gasteiger partial charge is 0.381 e. The molecule has 0 amide bonds. The number of unbranched alkanes of at least 4 members (excludes halogenated alkanes) is 4. The summed E-state index contributed by atoms with van der Waals surface area (Å²) in [5, 5.41) is -0.381. The predicted octanol–water partition coefficient (Wildman–Crippen LogP) is 6.39. The Morgan fingerprint density at radius 1 is 1.00 bits per heavy atom. The fourth-order valence-corrected chi connectivity index (χ4v) is 6.07. The van der Waals surface area contributed by atoms with Gasteiger partial charge in [0.1, 0.15) is 0 Å². The van der Waals surface area contributed by atoms with Crippen LogP contribution in [0, 0.1) is 0 Å². The Kier molecular flexibility index (Phi) is 13.0. The van der Waals surface area contributed by atoms with Gasteiger partial charge in [0.2, 0.25) is 0 Å². The smallest absolute Gasteiger partial charge is 0.159 e. The normalized spacial score (nSPS) is 20.3. The molecule has 2 rings (SSSR count). The van der Waals surface area contributed by atoms with Crippen molar-refractivity contribution >= 4 is 9.84 Å². The first-order valence-electron chi connectivity index (χ1n) is 11.3. The molecule has 2 aliphatic rings. The van der Waals surface area contributed by atoms with E-state index in [1.54, 1.807) is 0 Å². The van der Waals surface area contributed by atoms with Crippen LogP contribution in [-0.2, 0) is 14.6 Å². The molecule has 1 unspecified atom stereocenters. The predicted molar refractivity (Wildman–Crippen MR) is 117 cm³/mol. The molecule has 0 radical (unpaired) electrons. The fourth-order valence-electron chi connectivity index (χ4n) is 3.84. The van der Waals surface area contributed by atoms with Crippen molar-refractivity contribution in [2.75, 3.05) is 13.2 Å². The molecule has 0 N–H and O–H groups in total. The van der Waals surface area contributed by atoms with Crippen LogP contribution in [0.3, 0.4) is 0 Å². The maximum absolute atomic E-state index is 12.8. The van der Waals surface area contributed by atoms with Crippen molar-refractivity contribution in [1.82, 2.24) is 0 Å². The van der Waals surface area contributed by atoms with Gasteiger partial charge >= 0.3 is 0 Å². The van der Waals surface area contributed by atoms with Gasteiger partial charge in [0.15, 0.2) is 9.84 Å². The van der Waals surface area contributed by atoms with Gasteiger partial charge < -0.3 is 4.74 Å². The van der Waals surface area contributed by atoms with Crippen LogP contribution < -0.4 is 0 Å². The van der Waals surface area contributed by atoms with E-state index in [1.165, 1.54) is 31.3 Å². The Hall–Kier alpha value is -0.610. The third-order valence-electron chi connectivity index (χ3n) is 5.44. The summed E-state index contributed by atoms with van der Waals surface area (Å²) in [5.74, 6) is 0. The van der Waals surface area contributed by atoms with Crippen molar-refractivity contribution in [3.63, 3.8) is 0 Å². The lowest BCUT2D eigenvalue weighted by Gasteiger charge is -2.21. The summed E-state index contributed by atoms with van der Waals surface area (Å²) in [4.78, 5) is 0. The van der Waals surface area contributed by atoms with Gasteiger partial charge in [-0.25, -0.2) is 8.42 Å². The molecule has 0 aromatic heterocycles. The van der Waals surface area contributed by atoms with Crippen molar-refractivity contribution in [2.45, 2.75) is 108 Å². The molecule has 1 saturated carbocycles. The summed E-state index contributed by atoms with van der Waals surface area (Å²) >= 11 is 0.